The summed E-state index contributed by atoms with van der Waals surface area (Å²) in [7, 11) is 0. The Hall–Kier alpha value is -1.23. The maximum absolute atomic E-state index is 9.35. The lowest BCUT2D eigenvalue weighted by atomic mass is 10.2. The Bertz CT molecular complexity index is 373. The Morgan fingerprint density at radius 3 is 2.44 bits per heavy atom. The van der Waals surface area contributed by atoms with Gasteiger partial charge in [0.25, 0.3) is 0 Å². The molecule has 4 nitrogen and oxygen atoms in total. The minimum Gasteiger partial charge on any atom is -0.394 e. The molecule has 1 aliphatic heterocycles. The molecule has 100 valence electrons. The Kier molecular flexibility index (Phi) is 5.98. The molecule has 1 aliphatic rings. The molecule has 0 aliphatic carbocycles. The van der Waals surface area contributed by atoms with Crippen molar-refractivity contribution in [3.8, 4) is 0 Å². The van der Waals surface area contributed by atoms with Gasteiger partial charge in [0.15, 0.2) is 0 Å². The second-order valence-corrected chi connectivity index (χ2v) is 4.28. The van der Waals surface area contributed by atoms with Gasteiger partial charge in [0.2, 0.25) is 0 Å². The number of aliphatic hydroxyl groups is 2. The van der Waals surface area contributed by atoms with Crippen molar-refractivity contribution in [1.82, 2.24) is 9.80 Å². The predicted molar refractivity (Wildman–Crippen MR) is 73.0 cm³/mol. The third kappa shape index (κ3) is 4.22. The summed E-state index contributed by atoms with van der Waals surface area (Å²) < 4.78 is 0. The van der Waals surface area contributed by atoms with Crippen molar-refractivity contribution >= 4 is 12.4 Å². The van der Waals surface area contributed by atoms with E-state index in [9.17, 15) is 5.11 Å². The first-order chi connectivity index (χ1) is 8.28. The van der Waals surface area contributed by atoms with Crippen LogP contribution in [-0.2, 0) is 6.54 Å². The van der Waals surface area contributed by atoms with Crippen molar-refractivity contribution in [3.63, 3.8) is 0 Å². The highest BCUT2D eigenvalue weighted by molar-refractivity contribution is 5.85. The van der Waals surface area contributed by atoms with E-state index in [1.165, 1.54) is 5.56 Å². The van der Waals surface area contributed by atoms with Crippen LogP contribution >= 0.6 is 12.4 Å². The molecule has 0 spiro atoms. The molecule has 18 heavy (non-hydrogen) atoms. The van der Waals surface area contributed by atoms with Crippen LogP contribution in [0.3, 0.4) is 0 Å². The Morgan fingerprint density at radius 2 is 1.78 bits per heavy atom. The molecule has 1 heterocycles. The number of halogens is 1. The van der Waals surface area contributed by atoms with Crippen molar-refractivity contribution in [3.05, 3.63) is 48.3 Å². The van der Waals surface area contributed by atoms with Gasteiger partial charge in [0.05, 0.1) is 19.4 Å². The first-order valence-corrected chi connectivity index (χ1v) is 5.77. The Balaban J connectivity index is 0.00000162. The van der Waals surface area contributed by atoms with Crippen LogP contribution in [-0.4, -0.2) is 45.9 Å². The normalized spacial score (nSPS) is 15.7. The number of rotatable bonds is 5. The molecular formula is C13H19ClN2O2. The van der Waals surface area contributed by atoms with E-state index in [2.05, 4.69) is 17.0 Å². The summed E-state index contributed by atoms with van der Waals surface area (Å²) in [4.78, 5) is 4.16. The zero-order valence-electron chi connectivity index (χ0n) is 10.1. The quantitative estimate of drug-likeness (QED) is 0.838. The molecule has 0 bridgehead atoms. The van der Waals surface area contributed by atoms with Gasteiger partial charge in [-0.05, 0) is 5.56 Å². The Labute approximate surface area is 114 Å². The molecule has 2 rings (SSSR count). The van der Waals surface area contributed by atoms with Crippen molar-refractivity contribution < 1.29 is 10.2 Å². The zero-order valence-corrected chi connectivity index (χ0v) is 11.0. The van der Waals surface area contributed by atoms with Crippen LogP contribution in [0, 0.1) is 0 Å². The van der Waals surface area contributed by atoms with E-state index >= 15 is 0 Å². The summed E-state index contributed by atoms with van der Waals surface area (Å²) in [6.45, 7) is 1.90. The SMILES string of the molecule is Cl.OCC(O)CN1C=CN(Cc2ccccc2)C1. The molecule has 0 radical (unpaired) electrons. The number of benzene rings is 1. The molecule has 5 heteroatoms. The third-order valence-corrected chi connectivity index (χ3v) is 2.74. The number of aliphatic hydroxyl groups excluding tert-OH is 2. The number of nitrogens with zero attached hydrogens (tertiary/aromatic N) is 2. The van der Waals surface area contributed by atoms with Crippen molar-refractivity contribution in [2.24, 2.45) is 0 Å². The first kappa shape index (κ1) is 14.8. The summed E-state index contributed by atoms with van der Waals surface area (Å²) in [5.41, 5.74) is 1.27. The van der Waals surface area contributed by atoms with E-state index in [0.717, 1.165) is 13.2 Å². The predicted octanol–water partition coefficient (Wildman–Crippen LogP) is 1.01. The molecule has 0 fully saturated rings. The van der Waals surface area contributed by atoms with Gasteiger partial charge in [-0.15, -0.1) is 12.4 Å². The molecule has 0 saturated carbocycles. The van der Waals surface area contributed by atoms with Crippen LogP contribution < -0.4 is 0 Å². The average molecular weight is 271 g/mol. The van der Waals surface area contributed by atoms with Crippen LogP contribution in [0.25, 0.3) is 0 Å². The van der Waals surface area contributed by atoms with Gasteiger partial charge in [-0.3, -0.25) is 0 Å². The van der Waals surface area contributed by atoms with Crippen molar-refractivity contribution in [1.29, 1.82) is 0 Å². The first-order valence-electron chi connectivity index (χ1n) is 5.77. The van der Waals surface area contributed by atoms with E-state index < -0.39 is 6.10 Å². The topological polar surface area (TPSA) is 46.9 Å². The lowest BCUT2D eigenvalue weighted by molar-refractivity contribution is 0.0665. The van der Waals surface area contributed by atoms with Crippen molar-refractivity contribution in [2.45, 2.75) is 12.6 Å². The van der Waals surface area contributed by atoms with E-state index in [0.29, 0.717) is 6.54 Å². The Morgan fingerprint density at radius 1 is 1.11 bits per heavy atom. The van der Waals surface area contributed by atoms with Crippen LogP contribution in [0.15, 0.2) is 42.7 Å². The maximum atomic E-state index is 9.35. The second-order valence-electron chi connectivity index (χ2n) is 4.28. The number of hydrogen-bond acceptors (Lipinski definition) is 4. The number of hydrogen-bond donors (Lipinski definition) is 2. The lowest BCUT2D eigenvalue weighted by Gasteiger charge is -2.22. The van der Waals surface area contributed by atoms with Gasteiger partial charge in [-0.25, -0.2) is 0 Å². The molecule has 1 atom stereocenters. The summed E-state index contributed by atoms with van der Waals surface area (Å²) in [5.74, 6) is 0. The van der Waals surface area contributed by atoms with Crippen LogP contribution in [0.1, 0.15) is 5.56 Å². The molecule has 1 aromatic rings. The molecule has 1 aromatic carbocycles. The van der Waals surface area contributed by atoms with Gasteiger partial charge in [-0.2, -0.15) is 0 Å². The minimum absolute atomic E-state index is 0. The maximum Gasteiger partial charge on any atom is 0.0945 e. The van der Waals surface area contributed by atoms with Gasteiger partial charge >= 0.3 is 0 Å². The van der Waals surface area contributed by atoms with Crippen LogP contribution in [0.4, 0.5) is 0 Å². The summed E-state index contributed by atoms with van der Waals surface area (Å²) in [6.07, 6.45) is 3.29. The van der Waals surface area contributed by atoms with Crippen LogP contribution in [0.2, 0.25) is 0 Å². The van der Waals surface area contributed by atoms with Crippen LogP contribution in [0.5, 0.6) is 0 Å². The lowest BCUT2D eigenvalue weighted by Crippen LogP contribution is -2.33. The highest BCUT2D eigenvalue weighted by Crippen LogP contribution is 2.11. The fraction of sp³-hybridized carbons (Fsp3) is 0.385. The molecular weight excluding hydrogens is 252 g/mol. The highest BCUT2D eigenvalue weighted by Gasteiger charge is 2.15. The summed E-state index contributed by atoms with van der Waals surface area (Å²) >= 11 is 0. The van der Waals surface area contributed by atoms with Gasteiger partial charge in [0, 0.05) is 25.5 Å². The molecule has 1 unspecified atom stereocenters. The third-order valence-electron chi connectivity index (χ3n) is 2.74. The van der Waals surface area contributed by atoms with E-state index in [1.54, 1.807) is 0 Å². The monoisotopic (exact) mass is 270 g/mol. The fourth-order valence-corrected chi connectivity index (χ4v) is 1.88. The highest BCUT2D eigenvalue weighted by atomic mass is 35.5. The van der Waals surface area contributed by atoms with Gasteiger partial charge in [0.1, 0.15) is 0 Å². The zero-order chi connectivity index (χ0) is 12.1. The molecule has 0 saturated heterocycles. The fourth-order valence-electron chi connectivity index (χ4n) is 1.88. The van der Waals surface area contributed by atoms with Crippen molar-refractivity contribution in [2.75, 3.05) is 19.8 Å². The van der Waals surface area contributed by atoms with E-state index in [4.69, 9.17) is 5.11 Å². The summed E-state index contributed by atoms with van der Waals surface area (Å²) in [6, 6.07) is 10.3. The van der Waals surface area contributed by atoms with Gasteiger partial charge < -0.3 is 20.0 Å². The second kappa shape index (κ2) is 7.26. The largest absolute Gasteiger partial charge is 0.394 e. The van der Waals surface area contributed by atoms with Gasteiger partial charge in [-0.1, -0.05) is 30.3 Å². The molecule has 0 aromatic heterocycles. The minimum atomic E-state index is -0.670. The molecule has 2 N–H and O–H groups in total. The smallest absolute Gasteiger partial charge is 0.0945 e. The molecule has 0 amide bonds. The average Bonchev–Trinajstić information content (AvgIpc) is 2.77. The summed E-state index contributed by atoms with van der Waals surface area (Å²) in [5, 5.41) is 18.1. The number of β-amino-alcohol motifs (C(OH)–C–C–N with tert-alkyl or cyclic N) is 1. The van der Waals surface area contributed by atoms with E-state index in [-0.39, 0.29) is 19.0 Å². The standard InChI is InChI=1S/C13H18N2O2.ClH/c16-10-13(17)9-15-7-6-14(11-15)8-12-4-2-1-3-5-12;/h1-7,13,16-17H,8-11H2;1H. The van der Waals surface area contributed by atoms with E-state index in [1.807, 2.05) is 35.5 Å².